The first kappa shape index (κ1) is 19.9. The van der Waals surface area contributed by atoms with Crippen LogP contribution in [0, 0.1) is 6.92 Å². The van der Waals surface area contributed by atoms with Crippen LogP contribution in [-0.4, -0.2) is 41.4 Å². The standard InChI is InChI=1S/C21H27ClN2O3/c1-15-14-18(25)19(21(26)24(15)12-13-27-2)20(23-10-4-3-5-11-23)16-6-8-17(22)9-7-16/h6-9,14,20,25H,3-5,10-13H2,1-2H3/t20-/m0/s1. The van der Waals surface area contributed by atoms with E-state index in [2.05, 4.69) is 4.90 Å². The second-order valence-electron chi connectivity index (χ2n) is 7.08. The first-order valence-electron chi connectivity index (χ1n) is 9.44. The van der Waals surface area contributed by atoms with E-state index in [4.69, 9.17) is 16.3 Å². The summed E-state index contributed by atoms with van der Waals surface area (Å²) in [4.78, 5) is 15.6. The van der Waals surface area contributed by atoms with Crippen LogP contribution in [0.25, 0.3) is 0 Å². The Morgan fingerprint density at radius 1 is 1.19 bits per heavy atom. The second-order valence-corrected chi connectivity index (χ2v) is 7.52. The van der Waals surface area contributed by atoms with Crippen LogP contribution in [0.5, 0.6) is 5.75 Å². The predicted molar refractivity (Wildman–Crippen MR) is 108 cm³/mol. The van der Waals surface area contributed by atoms with Crippen LogP contribution >= 0.6 is 11.6 Å². The van der Waals surface area contributed by atoms with Crippen LogP contribution in [0.2, 0.25) is 5.02 Å². The van der Waals surface area contributed by atoms with Crippen molar-refractivity contribution in [2.24, 2.45) is 0 Å². The highest BCUT2D eigenvalue weighted by Crippen LogP contribution is 2.34. The minimum Gasteiger partial charge on any atom is -0.507 e. The quantitative estimate of drug-likeness (QED) is 0.816. The fraction of sp³-hybridized carbons (Fsp3) is 0.476. The zero-order valence-corrected chi connectivity index (χ0v) is 16.7. The molecular formula is C21H27ClN2O3. The molecule has 146 valence electrons. The lowest BCUT2D eigenvalue weighted by molar-refractivity contribution is 0.178. The van der Waals surface area contributed by atoms with Gasteiger partial charge in [0.15, 0.2) is 0 Å². The Morgan fingerprint density at radius 2 is 1.85 bits per heavy atom. The van der Waals surface area contributed by atoms with Gasteiger partial charge in [-0.15, -0.1) is 0 Å². The van der Waals surface area contributed by atoms with Crippen LogP contribution in [0.4, 0.5) is 0 Å². The molecular weight excluding hydrogens is 364 g/mol. The van der Waals surface area contributed by atoms with Crippen molar-refractivity contribution in [3.8, 4) is 5.75 Å². The molecule has 1 fully saturated rings. The summed E-state index contributed by atoms with van der Waals surface area (Å²) in [5.74, 6) is 0.0525. The van der Waals surface area contributed by atoms with E-state index in [0.717, 1.165) is 37.2 Å². The third-order valence-corrected chi connectivity index (χ3v) is 5.51. The topological polar surface area (TPSA) is 54.7 Å². The zero-order valence-electron chi connectivity index (χ0n) is 15.9. The van der Waals surface area contributed by atoms with E-state index in [1.165, 1.54) is 6.42 Å². The normalized spacial score (nSPS) is 16.4. The Labute approximate surface area is 165 Å². The fourth-order valence-electron chi connectivity index (χ4n) is 3.87. The third kappa shape index (κ3) is 4.37. The molecule has 0 amide bonds. The molecule has 1 aliphatic heterocycles. The van der Waals surface area contributed by atoms with Gasteiger partial charge in [-0.25, -0.2) is 0 Å². The van der Waals surface area contributed by atoms with Crippen molar-refractivity contribution < 1.29 is 9.84 Å². The smallest absolute Gasteiger partial charge is 0.259 e. The number of rotatable bonds is 6. The third-order valence-electron chi connectivity index (χ3n) is 5.26. The summed E-state index contributed by atoms with van der Waals surface area (Å²) in [7, 11) is 1.62. The largest absolute Gasteiger partial charge is 0.507 e. The molecule has 0 unspecified atom stereocenters. The molecule has 2 aromatic rings. The lowest BCUT2D eigenvalue weighted by atomic mass is 9.94. The van der Waals surface area contributed by atoms with E-state index < -0.39 is 0 Å². The average Bonchev–Trinajstić information content (AvgIpc) is 2.66. The van der Waals surface area contributed by atoms with Crippen LogP contribution < -0.4 is 5.56 Å². The van der Waals surface area contributed by atoms with Crippen molar-refractivity contribution >= 4 is 11.6 Å². The van der Waals surface area contributed by atoms with Crippen molar-refractivity contribution in [2.75, 3.05) is 26.8 Å². The number of hydrogen-bond donors (Lipinski definition) is 1. The highest BCUT2D eigenvalue weighted by atomic mass is 35.5. The molecule has 1 aliphatic rings. The van der Waals surface area contributed by atoms with E-state index in [1.54, 1.807) is 17.7 Å². The van der Waals surface area contributed by atoms with Gasteiger partial charge in [0.2, 0.25) is 0 Å². The fourth-order valence-corrected chi connectivity index (χ4v) is 3.99. The molecule has 0 spiro atoms. The van der Waals surface area contributed by atoms with Gasteiger partial charge in [0.1, 0.15) is 5.75 Å². The molecule has 3 rings (SSSR count). The van der Waals surface area contributed by atoms with Gasteiger partial charge in [-0.2, -0.15) is 0 Å². The second kappa shape index (κ2) is 8.91. The van der Waals surface area contributed by atoms with Crippen molar-refractivity contribution in [3.05, 3.63) is 62.5 Å². The predicted octanol–water partition coefficient (Wildman–Crippen LogP) is 3.74. The number of methoxy groups -OCH3 is 1. The van der Waals surface area contributed by atoms with Crippen LogP contribution in [0.15, 0.2) is 35.1 Å². The number of piperidine rings is 1. The summed E-state index contributed by atoms with van der Waals surface area (Å²) in [5, 5.41) is 11.4. The van der Waals surface area contributed by atoms with Gasteiger partial charge in [-0.1, -0.05) is 30.2 Å². The molecule has 1 aromatic carbocycles. The van der Waals surface area contributed by atoms with Crippen LogP contribution in [0.1, 0.15) is 42.1 Å². The van der Waals surface area contributed by atoms with Crippen molar-refractivity contribution in [3.63, 3.8) is 0 Å². The SMILES string of the molecule is COCCn1c(C)cc(O)c([C@H](c2ccc(Cl)cc2)N2CCCCC2)c1=O. The lowest BCUT2D eigenvalue weighted by Gasteiger charge is -2.35. The number of pyridine rings is 1. The van der Waals surface area contributed by atoms with Crippen molar-refractivity contribution in [2.45, 2.75) is 38.8 Å². The molecule has 0 aliphatic carbocycles. The first-order chi connectivity index (χ1) is 13.0. The number of aromatic nitrogens is 1. The van der Waals surface area contributed by atoms with Gasteiger partial charge in [0.25, 0.3) is 5.56 Å². The number of ether oxygens (including phenoxy) is 1. The van der Waals surface area contributed by atoms with Crippen molar-refractivity contribution in [1.29, 1.82) is 0 Å². The number of aromatic hydroxyl groups is 1. The minimum atomic E-state index is -0.288. The van der Waals surface area contributed by atoms with Gasteiger partial charge < -0.3 is 14.4 Å². The number of hydrogen-bond acceptors (Lipinski definition) is 4. The number of halogens is 1. The number of likely N-dealkylation sites (tertiary alicyclic amines) is 1. The Bertz CT molecular complexity index is 827. The van der Waals surface area contributed by atoms with Gasteiger partial charge in [-0.3, -0.25) is 9.69 Å². The Balaban J connectivity index is 2.13. The number of benzene rings is 1. The molecule has 0 bridgehead atoms. The van der Waals surface area contributed by atoms with Gasteiger partial charge in [0, 0.05) is 24.4 Å². The number of aryl methyl sites for hydroxylation is 1. The molecule has 5 nitrogen and oxygen atoms in total. The summed E-state index contributed by atoms with van der Waals surface area (Å²) in [6, 6.07) is 8.95. The van der Waals surface area contributed by atoms with Crippen LogP contribution in [0.3, 0.4) is 0 Å². The van der Waals surface area contributed by atoms with Crippen LogP contribution in [-0.2, 0) is 11.3 Å². The zero-order chi connectivity index (χ0) is 19.4. The van der Waals surface area contributed by atoms with Crippen molar-refractivity contribution in [1.82, 2.24) is 9.47 Å². The average molecular weight is 391 g/mol. The highest BCUT2D eigenvalue weighted by Gasteiger charge is 2.29. The van der Waals surface area contributed by atoms with E-state index in [-0.39, 0.29) is 17.4 Å². The summed E-state index contributed by atoms with van der Waals surface area (Å²) >= 11 is 6.07. The molecule has 1 atom stereocenters. The molecule has 27 heavy (non-hydrogen) atoms. The highest BCUT2D eigenvalue weighted by molar-refractivity contribution is 6.30. The van der Waals surface area contributed by atoms with E-state index in [0.29, 0.717) is 23.7 Å². The first-order valence-corrected chi connectivity index (χ1v) is 9.82. The maximum Gasteiger partial charge on any atom is 0.259 e. The lowest BCUT2D eigenvalue weighted by Crippen LogP contribution is -2.39. The molecule has 0 saturated carbocycles. The summed E-state index contributed by atoms with van der Waals surface area (Å²) < 4.78 is 6.84. The molecule has 2 heterocycles. The van der Waals surface area contributed by atoms with Gasteiger partial charge in [-0.05, 0) is 56.6 Å². The van der Waals surface area contributed by atoms with E-state index in [1.807, 2.05) is 31.2 Å². The molecule has 1 saturated heterocycles. The van der Waals surface area contributed by atoms with E-state index in [9.17, 15) is 9.90 Å². The monoisotopic (exact) mass is 390 g/mol. The molecule has 6 heteroatoms. The summed E-state index contributed by atoms with van der Waals surface area (Å²) in [6.07, 6.45) is 3.38. The summed E-state index contributed by atoms with van der Waals surface area (Å²) in [5.41, 5.74) is 1.97. The minimum absolute atomic E-state index is 0.0525. The Morgan fingerprint density at radius 3 is 2.48 bits per heavy atom. The van der Waals surface area contributed by atoms with Gasteiger partial charge in [0.05, 0.1) is 18.2 Å². The maximum atomic E-state index is 13.3. The maximum absolute atomic E-state index is 13.3. The molecule has 0 radical (unpaired) electrons. The number of nitrogens with zero attached hydrogens (tertiary/aromatic N) is 2. The molecule has 1 aromatic heterocycles. The Kier molecular flexibility index (Phi) is 6.58. The summed E-state index contributed by atoms with van der Waals surface area (Å²) in [6.45, 7) is 4.54. The Hall–Kier alpha value is -1.82. The van der Waals surface area contributed by atoms with E-state index >= 15 is 0 Å². The van der Waals surface area contributed by atoms with Gasteiger partial charge >= 0.3 is 0 Å². The molecule has 1 N–H and O–H groups in total.